The second-order valence-corrected chi connectivity index (χ2v) is 5.86. The molecule has 0 spiro atoms. The molecule has 0 radical (unpaired) electrons. The third kappa shape index (κ3) is 4.03. The highest BCUT2D eigenvalue weighted by molar-refractivity contribution is 5.06. The van der Waals surface area contributed by atoms with Gasteiger partial charge in [0.25, 0.3) is 0 Å². The molecule has 2 saturated heterocycles. The molecule has 0 saturated carbocycles. The molecule has 0 amide bonds. The predicted octanol–water partition coefficient (Wildman–Crippen LogP) is 0.964. The number of hydrogen-bond donors (Lipinski definition) is 0. The van der Waals surface area contributed by atoms with Crippen molar-refractivity contribution in [3.63, 3.8) is 0 Å². The van der Waals surface area contributed by atoms with Crippen LogP contribution in [0.3, 0.4) is 0 Å². The van der Waals surface area contributed by atoms with Gasteiger partial charge in [0.05, 0.1) is 38.2 Å². The molecular formula is C15H25N3O3. The monoisotopic (exact) mass is 295 g/mol. The number of ether oxygens (including phenoxy) is 3. The topological polar surface area (TPSA) is 48.8 Å². The SMILES string of the molecule is Cc1cc(C)n(C[C@H]2CN(CCC3OCCO3)CCO2)n1. The van der Waals surface area contributed by atoms with Crippen molar-refractivity contribution in [3.05, 3.63) is 17.5 Å². The Labute approximate surface area is 126 Å². The van der Waals surface area contributed by atoms with Gasteiger partial charge in [0.15, 0.2) is 6.29 Å². The molecule has 6 heteroatoms. The molecule has 2 aliphatic rings. The van der Waals surface area contributed by atoms with Gasteiger partial charge in [0.1, 0.15) is 0 Å². The molecule has 0 bridgehead atoms. The molecule has 0 N–H and O–H groups in total. The summed E-state index contributed by atoms with van der Waals surface area (Å²) in [6.07, 6.45) is 1.14. The second kappa shape index (κ2) is 6.87. The van der Waals surface area contributed by atoms with Crippen molar-refractivity contribution >= 4 is 0 Å². The van der Waals surface area contributed by atoms with Crippen LogP contribution in [0.4, 0.5) is 0 Å². The molecule has 0 aliphatic carbocycles. The normalized spacial score (nSPS) is 24.8. The van der Waals surface area contributed by atoms with Gasteiger partial charge in [-0.15, -0.1) is 0 Å². The molecule has 118 valence electrons. The van der Waals surface area contributed by atoms with Gasteiger partial charge < -0.3 is 14.2 Å². The Hall–Kier alpha value is -0.950. The zero-order valence-corrected chi connectivity index (χ0v) is 13.0. The molecule has 2 fully saturated rings. The average Bonchev–Trinajstić information content (AvgIpc) is 3.07. The van der Waals surface area contributed by atoms with E-state index in [9.17, 15) is 0 Å². The van der Waals surface area contributed by atoms with Crippen molar-refractivity contribution < 1.29 is 14.2 Å². The van der Waals surface area contributed by atoms with Crippen molar-refractivity contribution in [3.8, 4) is 0 Å². The average molecular weight is 295 g/mol. The minimum atomic E-state index is -0.0118. The summed E-state index contributed by atoms with van der Waals surface area (Å²) < 4.78 is 18.9. The van der Waals surface area contributed by atoms with Crippen LogP contribution >= 0.6 is 0 Å². The first-order chi connectivity index (χ1) is 10.2. The van der Waals surface area contributed by atoms with E-state index >= 15 is 0 Å². The van der Waals surface area contributed by atoms with Crippen LogP contribution in [0.1, 0.15) is 17.8 Å². The number of aromatic nitrogens is 2. The van der Waals surface area contributed by atoms with E-state index in [1.54, 1.807) is 0 Å². The Kier molecular flexibility index (Phi) is 4.90. The van der Waals surface area contributed by atoms with E-state index in [1.807, 2.05) is 11.6 Å². The van der Waals surface area contributed by atoms with E-state index in [0.29, 0.717) is 0 Å². The fourth-order valence-electron chi connectivity index (χ4n) is 3.01. The zero-order valence-electron chi connectivity index (χ0n) is 13.0. The van der Waals surface area contributed by atoms with E-state index in [-0.39, 0.29) is 12.4 Å². The molecule has 21 heavy (non-hydrogen) atoms. The van der Waals surface area contributed by atoms with Crippen molar-refractivity contribution in [1.82, 2.24) is 14.7 Å². The first-order valence-corrected chi connectivity index (χ1v) is 7.79. The van der Waals surface area contributed by atoms with E-state index in [4.69, 9.17) is 14.2 Å². The van der Waals surface area contributed by atoms with Gasteiger partial charge in [-0.25, -0.2) is 0 Å². The smallest absolute Gasteiger partial charge is 0.159 e. The standard InChI is InChI=1S/C15H25N3O3/c1-12-9-13(2)18(16-12)11-14-10-17(5-6-19-14)4-3-15-20-7-8-21-15/h9,14-15H,3-8,10-11H2,1-2H3/t14-/m1/s1. The lowest BCUT2D eigenvalue weighted by atomic mass is 10.2. The van der Waals surface area contributed by atoms with Crippen molar-refractivity contribution in [2.24, 2.45) is 0 Å². The van der Waals surface area contributed by atoms with Gasteiger partial charge in [-0.1, -0.05) is 0 Å². The Balaban J connectivity index is 1.47. The van der Waals surface area contributed by atoms with E-state index < -0.39 is 0 Å². The van der Waals surface area contributed by atoms with Crippen LogP contribution in [-0.4, -0.2) is 66.5 Å². The summed E-state index contributed by atoms with van der Waals surface area (Å²) in [7, 11) is 0. The first kappa shape index (κ1) is 15.0. The number of rotatable bonds is 5. The highest BCUT2D eigenvalue weighted by Crippen LogP contribution is 2.13. The van der Waals surface area contributed by atoms with Crippen LogP contribution in [0.5, 0.6) is 0 Å². The summed E-state index contributed by atoms with van der Waals surface area (Å²) in [6, 6.07) is 2.11. The van der Waals surface area contributed by atoms with Gasteiger partial charge in [0, 0.05) is 31.7 Å². The molecule has 0 aromatic carbocycles. The van der Waals surface area contributed by atoms with Crippen LogP contribution in [0.25, 0.3) is 0 Å². The summed E-state index contributed by atoms with van der Waals surface area (Å²) in [5.41, 5.74) is 2.26. The fraction of sp³-hybridized carbons (Fsp3) is 0.800. The molecule has 2 aliphatic heterocycles. The number of morpholine rings is 1. The molecule has 1 aromatic heterocycles. The lowest BCUT2D eigenvalue weighted by Gasteiger charge is -2.33. The Morgan fingerprint density at radius 1 is 1.19 bits per heavy atom. The maximum atomic E-state index is 5.88. The Morgan fingerprint density at radius 3 is 2.71 bits per heavy atom. The zero-order chi connectivity index (χ0) is 14.7. The maximum absolute atomic E-state index is 5.88. The number of nitrogens with zero attached hydrogens (tertiary/aromatic N) is 3. The Morgan fingerprint density at radius 2 is 2.00 bits per heavy atom. The lowest BCUT2D eigenvalue weighted by molar-refractivity contribution is -0.0695. The first-order valence-electron chi connectivity index (χ1n) is 7.79. The fourth-order valence-corrected chi connectivity index (χ4v) is 3.01. The number of aryl methyl sites for hydroxylation is 2. The summed E-state index contributed by atoms with van der Waals surface area (Å²) >= 11 is 0. The van der Waals surface area contributed by atoms with Crippen molar-refractivity contribution in [1.29, 1.82) is 0 Å². The van der Waals surface area contributed by atoms with Gasteiger partial charge >= 0.3 is 0 Å². The van der Waals surface area contributed by atoms with Gasteiger partial charge in [0.2, 0.25) is 0 Å². The molecule has 0 unspecified atom stereocenters. The minimum absolute atomic E-state index is 0.0118. The van der Waals surface area contributed by atoms with Gasteiger partial charge in [-0.05, 0) is 19.9 Å². The highest BCUT2D eigenvalue weighted by atomic mass is 16.7. The molecule has 1 aromatic rings. The van der Waals surface area contributed by atoms with Crippen molar-refractivity contribution in [2.45, 2.75) is 39.2 Å². The molecular weight excluding hydrogens is 270 g/mol. The molecule has 1 atom stereocenters. The summed E-state index contributed by atoms with van der Waals surface area (Å²) in [5, 5.41) is 4.52. The maximum Gasteiger partial charge on any atom is 0.159 e. The van der Waals surface area contributed by atoms with Crippen molar-refractivity contribution in [2.75, 3.05) is 39.5 Å². The Bertz CT molecular complexity index is 457. The highest BCUT2D eigenvalue weighted by Gasteiger charge is 2.23. The van der Waals surface area contributed by atoms with E-state index in [2.05, 4.69) is 23.0 Å². The molecule has 3 heterocycles. The van der Waals surface area contributed by atoms with Crippen LogP contribution in [0.2, 0.25) is 0 Å². The van der Waals surface area contributed by atoms with Crippen LogP contribution in [0, 0.1) is 13.8 Å². The lowest BCUT2D eigenvalue weighted by Crippen LogP contribution is -2.45. The van der Waals surface area contributed by atoms with Crippen LogP contribution < -0.4 is 0 Å². The third-order valence-electron chi connectivity index (χ3n) is 4.07. The summed E-state index contributed by atoms with van der Waals surface area (Å²) in [5.74, 6) is 0. The van der Waals surface area contributed by atoms with E-state index in [0.717, 1.165) is 58.1 Å². The predicted molar refractivity (Wildman–Crippen MR) is 78.2 cm³/mol. The molecule has 3 rings (SSSR count). The largest absolute Gasteiger partial charge is 0.374 e. The number of hydrogen-bond acceptors (Lipinski definition) is 5. The molecule has 6 nitrogen and oxygen atoms in total. The third-order valence-corrected chi connectivity index (χ3v) is 4.07. The van der Waals surface area contributed by atoms with Gasteiger partial charge in [-0.3, -0.25) is 9.58 Å². The quantitative estimate of drug-likeness (QED) is 0.810. The van der Waals surface area contributed by atoms with Gasteiger partial charge in [-0.2, -0.15) is 5.10 Å². The van der Waals surface area contributed by atoms with E-state index in [1.165, 1.54) is 5.69 Å². The summed E-state index contributed by atoms with van der Waals surface area (Å²) in [6.45, 7) is 10.1. The van der Waals surface area contributed by atoms with Crippen LogP contribution in [0.15, 0.2) is 6.07 Å². The van der Waals surface area contributed by atoms with Crippen LogP contribution in [-0.2, 0) is 20.8 Å². The second-order valence-electron chi connectivity index (χ2n) is 5.86. The summed E-state index contributed by atoms with van der Waals surface area (Å²) in [4.78, 5) is 2.44. The minimum Gasteiger partial charge on any atom is -0.374 e.